The second-order valence-electron chi connectivity index (χ2n) is 6.93. The molecule has 0 radical (unpaired) electrons. The fraction of sp³-hybridized carbons (Fsp3) is 0.471. The number of halogens is 1. The van der Waals surface area contributed by atoms with Crippen molar-refractivity contribution in [3.63, 3.8) is 0 Å². The molecule has 1 aromatic carbocycles. The topological polar surface area (TPSA) is 43.8 Å². The van der Waals surface area contributed by atoms with Gasteiger partial charge in [-0.15, -0.1) is 0 Å². The molecular weight excluding hydrogens is 282 g/mol. The van der Waals surface area contributed by atoms with Crippen molar-refractivity contribution in [2.75, 3.05) is 5.73 Å². The fourth-order valence-corrected chi connectivity index (χ4v) is 2.53. The smallest absolute Gasteiger partial charge is 0.131 e. The summed E-state index contributed by atoms with van der Waals surface area (Å²) in [5.74, 6) is 2.27. The van der Waals surface area contributed by atoms with Gasteiger partial charge >= 0.3 is 0 Å². The molecule has 0 amide bonds. The molecule has 1 heterocycles. The van der Waals surface area contributed by atoms with Crippen molar-refractivity contribution in [3.05, 3.63) is 35.1 Å². The van der Waals surface area contributed by atoms with E-state index in [0.717, 1.165) is 34.5 Å². The van der Waals surface area contributed by atoms with E-state index in [1.165, 1.54) is 0 Å². The molecule has 4 heteroatoms. The zero-order valence-electron chi connectivity index (χ0n) is 13.4. The van der Waals surface area contributed by atoms with Crippen LogP contribution in [0.5, 0.6) is 0 Å². The van der Waals surface area contributed by atoms with E-state index in [1.54, 1.807) is 0 Å². The van der Waals surface area contributed by atoms with Crippen molar-refractivity contribution in [2.24, 2.45) is 5.92 Å². The van der Waals surface area contributed by atoms with E-state index in [9.17, 15) is 0 Å². The first kappa shape index (κ1) is 15.9. The van der Waals surface area contributed by atoms with Crippen LogP contribution >= 0.6 is 11.6 Å². The van der Waals surface area contributed by atoms with Crippen LogP contribution in [-0.4, -0.2) is 9.55 Å². The van der Waals surface area contributed by atoms with Crippen molar-refractivity contribution in [3.8, 4) is 11.3 Å². The van der Waals surface area contributed by atoms with Crippen LogP contribution in [0.15, 0.2) is 24.3 Å². The van der Waals surface area contributed by atoms with Gasteiger partial charge in [0.2, 0.25) is 0 Å². The number of rotatable bonds is 3. The Hall–Kier alpha value is -1.48. The molecule has 0 bridgehead atoms. The highest BCUT2D eigenvalue weighted by molar-refractivity contribution is 6.30. The fourth-order valence-electron chi connectivity index (χ4n) is 2.41. The molecule has 1 aromatic heterocycles. The molecule has 114 valence electrons. The molecule has 0 spiro atoms. The summed E-state index contributed by atoms with van der Waals surface area (Å²) in [5.41, 5.74) is 8.19. The van der Waals surface area contributed by atoms with E-state index in [1.807, 2.05) is 24.3 Å². The number of imidazole rings is 1. The summed E-state index contributed by atoms with van der Waals surface area (Å²) in [5, 5.41) is 0.718. The summed E-state index contributed by atoms with van der Waals surface area (Å²) in [6, 6.07) is 7.67. The number of aromatic nitrogens is 2. The molecule has 0 unspecified atom stereocenters. The molecule has 2 N–H and O–H groups in total. The Morgan fingerprint density at radius 2 is 1.76 bits per heavy atom. The predicted molar refractivity (Wildman–Crippen MR) is 90.6 cm³/mol. The van der Waals surface area contributed by atoms with Crippen LogP contribution in [0.3, 0.4) is 0 Å². The number of hydrogen-bond acceptors (Lipinski definition) is 2. The van der Waals surface area contributed by atoms with Gasteiger partial charge in [-0.2, -0.15) is 0 Å². The third-order valence-corrected chi connectivity index (χ3v) is 3.59. The summed E-state index contributed by atoms with van der Waals surface area (Å²) in [6.07, 6.45) is 0. The Morgan fingerprint density at radius 1 is 1.19 bits per heavy atom. The van der Waals surface area contributed by atoms with Crippen molar-refractivity contribution in [1.29, 1.82) is 0 Å². The number of benzene rings is 1. The molecule has 0 saturated carbocycles. The molecule has 2 aromatic rings. The maximum Gasteiger partial charge on any atom is 0.131 e. The normalized spacial score (nSPS) is 12.1. The molecular formula is C17H24ClN3. The minimum Gasteiger partial charge on any atom is -0.383 e. The zero-order valence-corrected chi connectivity index (χ0v) is 14.2. The minimum atomic E-state index is -0.0479. The third kappa shape index (κ3) is 3.41. The van der Waals surface area contributed by atoms with E-state index >= 15 is 0 Å². The average molecular weight is 306 g/mol. The van der Waals surface area contributed by atoms with Gasteiger partial charge in [-0.25, -0.2) is 4.98 Å². The van der Waals surface area contributed by atoms with Crippen molar-refractivity contribution in [2.45, 2.75) is 46.6 Å². The first-order valence-corrected chi connectivity index (χ1v) is 7.70. The molecule has 0 saturated heterocycles. The summed E-state index contributed by atoms with van der Waals surface area (Å²) in [4.78, 5) is 4.83. The largest absolute Gasteiger partial charge is 0.383 e. The maximum absolute atomic E-state index is 6.39. The van der Waals surface area contributed by atoms with Crippen LogP contribution in [0, 0.1) is 5.92 Å². The van der Waals surface area contributed by atoms with Crippen LogP contribution in [0.25, 0.3) is 11.3 Å². The Bertz CT molecular complexity index is 619. The van der Waals surface area contributed by atoms with Crippen molar-refractivity contribution >= 4 is 17.4 Å². The van der Waals surface area contributed by atoms with Gasteiger partial charge in [0.25, 0.3) is 0 Å². The summed E-state index contributed by atoms with van der Waals surface area (Å²) in [7, 11) is 0. The number of nitrogen functional groups attached to an aromatic ring is 1. The van der Waals surface area contributed by atoms with E-state index in [2.05, 4.69) is 39.2 Å². The Balaban J connectivity index is 2.58. The molecule has 0 atom stereocenters. The number of nitrogens with two attached hydrogens (primary N) is 1. The molecule has 2 rings (SSSR count). The van der Waals surface area contributed by atoms with Gasteiger partial charge in [-0.1, -0.05) is 58.4 Å². The third-order valence-electron chi connectivity index (χ3n) is 3.34. The summed E-state index contributed by atoms with van der Waals surface area (Å²) < 4.78 is 2.15. The van der Waals surface area contributed by atoms with E-state index in [0.29, 0.717) is 5.92 Å². The van der Waals surface area contributed by atoms with Gasteiger partial charge < -0.3 is 10.3 Å². The van der Waals surface area contributed by atoms with Crippen LogP contribution in [0.4, 0.5) is 5.82 Å². The van der Waals surface area contributed by atoms with Crippen molar-refractivity contribution < 1.29 is 0 Å². The highest BCUT2D eigenvalue weighted by atomic mass is 35.5. The lowest BCUT2D eigenvalue weighted by molar-refractivity contribution is 0.455. The van der Waals surface area contributed by atoms with Gasteiger partial charge in [0.15, 0.2) is 0 Å². The molecule has 0 aliphatic heterocycles. The number of hydrogen-bond donors (Lipinski definition) is 1. The Labute approximate surface area is 132 Å². The van der Waals surface area contributed by atoms with Gasteiger partial charge in [0, 0.05) is 22.5 Å². The summed E-state index contributed by atoms with van der Waals surface area (Å²) >= 11 is 5.96. The number of anilines is 1. The molecule has 21 heavy (non-hydrogen) atoms. The van der Waals surface area contributed by atoms with Crippen LogP contribution in [0.1, 0.15) is 40.4 Å². The second kappa shape index (κ2) is 5.72. The highest BCUT2D eigenvalue weighted by Gasteiger charge is 2.25. The first-order chi connectivity index (χ1) is 9.70. The average Bonchev–Trinajstić information content (AvgIpc) is 2.68. The van der Waals surface area contributed by atoms with Crippen molar-refractivity contribution in [1.82, 2.24) is 9.55 Å². The monoisotopic (exact) mass is 305 g/mol. The lowest BCUT2D eigenvalue weighted by Gasteiger charge is -2.21. The highest BCUT2D eigenvalue weighted by Crippen LogP contribution is 2.33. The van der Waals surface area contributed by atoms with Gasteiger partial charge in [-0.05, 0) is 18.1 Å². The maximum atomic E-state index is 6.39. The second-order valence-corrected chi connectivity index (χ2v) is 7.37. The lowest BCUT2D eigenvalue weighted by Crippen LogP contribution is -2.21. The zero-order chi connectivity index (χ0) is 15.8. The van der Waals surface area contributed by atoms with Gasteiger partial charge in [-0.3, -0.25) is 0 Å². The standard InChI is InChI=1S/C17H24ClN3/c1-11(2)10-21-15(19)14(20-16(21)17(3,4)5)12-6-8-13(18)9-7-12/h6-9,11H,10,19H2,1-5H3. The Morgan fingerprint density at radius 3 is 2.24 bits per heavy atom. The Kier molecular flexibility index (Phi) is 4.33. The van der Waals surface area contributed by atoms with Gasteiger partial charge in [0.1, 0.15) is 17.3 Å². The van der Waals surface area contributed by atoms with Crippen LogP contribution < -0.4 is 5.73 Å². The molecule has 0 aliphatic rings. The molecule has 3 nitrogen and oxygen atoms in total. The van der Waals surface area contributed by atoms with E-state index < -0.39 is 0 Å². The van der Waals surface area contributed by atoms with E-state index in [-0.39, 0.29) is 5.41 Å². The van der Waals surface area contributed by atoms with Crippen LogP contribution in [0.2, 0.25) is 5.02 Å². The molecule has 0 fully saturated rings. The van der Waals surface area contributed by atoms with Crippen LogP contribution in [-0.2, 0) is 12.0 Å². The minimum absolute atomic E-state index is 0.0479. The lowest BCUT2D eigenvalue weighted by atomic mass is 9.95. The van der Waals surface area contributed by atoms with E-state index in [4.69, 9.17) is 22.3 Å². The van der Waals surface area contributed by atoms with Gasteiger partial charge in [0.05, 0.1) is 0 Å². The SMILES string of the molecule is CC(C)Cn1c(C(C)(C)C)nc(-c2ccc(Cl)cc2)c1N. The quantitative estimate of drug-likeness (QED) is 0.890. The predicted octanol–water partition coefficient (Wildman–Crippen LogP) is 4.74. The molecule has 0 aliphatic carbocycles. The first-order valence-electron chi connectivity index (χ1n) is 7.32. The summed E-state index contributed by atoms with van der Waals surface area (Å²) in [6.45, 7) is 11.7. The number of nitrogens with zero attached hydrogens (tertiary/aromatic N) is 2.